The van der Waals surface area contributed by atoms with E-state index in [-0.39, 0.29) is 6.04 Å². The summed E-state index contributed by atoms with van der Waals surface area (Å²) in [5.74, 6) is 1.48. The molecule has 3 heterocycles. The van der Waals surface area contributed by atoms with E-state index in [4.69, 9.17) is 4.52 Å². The second-order valence-corrected chi connectivity index (χ2v) is 5.30. The second kappa shape index (κ2) is 6.13. The molecule has 0 N–H and O–H groups in total. The molecular formula is C15H20N4O. The van der Waals surface area contributed by atoms with Crippen molar-refractivity contribution < 1.29 is 4.52 Å². The molecule has 3 rings (SSSR count). The molecule has 0 spiro atoms. The Hall–Kier alpha value is -1.75. The first-order valence-electron chi connectivity index (χ1n) is 7.27. The number of nitrogens with zero attached hydrogens (tertiary/aromatic N) is 4. The fraction of sp³-hybridized carbons (Fsp3) is 0.533. The van der Waals surface area contributed by atoms with Gasteiger partial charge in [-0.1, -0.05) is 17.6 Å². The smallest absolute Gasteiger partial charge is 0.243 e. The van der Waals surface area contributed by atoms with Crippen molar-refractivity contribution in [3.8, 4) is 0 Å². The van der Waals surface area contributed by atoms with Crippen molar-refractivity contribution in [2.45, 2.75) is 38.6 Å². The lowest BCUT2D eigenvalue weighted by Crippen LogP contribution is -2.35. The summed E-state index contributed by atoms with van der Waals surface area (Å²) in [7, 11) is 0. The van der Waals surface area contributed by atoms with Gasteiger partial charge in [0.1, 0.15) is 0 Å². The molecule has 0 bridgehead atoms. The van der Waals surface area contributed by atoms with Gasteiger partial charge in [0.25, 0.3) is 0 Å². The van der Waals surface area contributed by atoms with Crippen LogP contribution in [0, 0.1) is 6.92 Å². The van der Waals surface area contributed by atoms with E-state index in [9.17, 15) is 0 Å². The summed E-state index contributed by atoms with van der Waals surface area (Å²) in [5, 5.41) is 3.92. The quantitative estimate of drug-likeness (QED) is 0.856. The van der Waals surface area contributed by atoms with Crippen LogP contribution in [0.15, 0.2) is 28.9 Å². The molecule has 0 amide bonds. The third kappa shape index (κ3) is 3.04. The lowest BCUT2D eigenvalue weighted by Gasteiger charge is -2.33. The minimum absolute atomic E-state index is 0.272. The molecule has 2 aromatic rings. The molecule has 1 atom stereocenters. The molecule has 106 valence electrons. The second-order valence-electron chi connectivity index (χ2n) is 5.30. The van der Waals surface area contributed by atoms with Gasteiger partial charge in [-0.2, -0.15) is 4.98 Å². The van der Waals surface area contributed by atoms with E-state index in [1.165, 1.54) is 12.8 Å². The van der Waals surface area contributed by atoms with Crippen molar-refractivity contribution in [3.63, 3.8) is 0 Å². The van der Waals surface area contributed by atoms with Gasteiger partial charge in [-0.25, -0.2) is 0 Å². The van der Waals surface area contributed by atoms with E-state index in [2.05, 4.69) is 26.1 Å². The first kappa shape index (κ1) is 13.2. The summed E-state index contributed by atoms with van der Waals surface area (Å²) in [6.07, 6.45) is 6.39. The predicted octanol–water partition coefficient (Wildman–Crippen LogP) is 2.54. The fourth-order valence-electron chi connectivity index (χ4n) is 2.79. The number of pyridine rings is 1. The third-order valence-electron chi connectivity index (χ3n) is 3.82. The first-order chi connectivity index (χ1) is 9.83. The Bertz CT molecular complexity index is 540. The number of hydrogen-bond acceptors (Lipinski definition) is 5. The van der Waals surface area contributed by atoms with Crippen molar-refractivity contribution in [2.75, 3.05) is 13.1 Å². The minimum Gasteiger partial charge on any atom is -0.338 e. The molecule has 0 unspecified atom stereocenters. The summed E-state index contributed by atoms with van der Waals surface area (Å²) in [6, 6.07) is 6.34. The highest BCUT2D eigenvalue weighted by Gasteiger charge is 2.28. The van der Waals surface area contributed by atoms with Gasteiger partial charge >= 0.3 is 0 Å². The van der Waals surface area contributed by atoms with Crippen LogP contribution in [0.25, 0.3) is 0 Å². The lowest BCUT2D eigenvalue weighted by atomic mass is 10.0. The number of piperidine rings is 1. The summed E-state index contributed by atoms with van der Waals surface area (Å²) in [6.45, 7) is 3.95. The van der Waals surface area contributed by atoms with Crippen molar-refractivity contribution in [1.82, 2.24) is 20.0 Å². The number of aromatic nitrogens is 3. The number of likely N-dealkylation sites (tertiary alicyclic amines) is 1. The normalized spacial score (nSPS) is 20.1. The van der Waals surface area contributed by atoms with Crippen LogP contribution >= 0.6 is 0 Å². The van der Waals surface area contributed by atoms with Gasteiger partial charge in [0.15, 0.2) is 5.82 Å². The molecule has 0 saturated carbocycles. The SMILES string of the molecule is Cc1noc([C@@H]2CCCCN2CCc2ccccn2)n1. The van der Waals surface area contributed by atoms with Crippen LogP contribution in [0.2, 0.25) is 0 Å². The standard InChI is InChI=1S/C15H20N4O/c1-12-17-15(20-18-12)14-7-3-5-10-19(14)11-8-13-6-2-4-9-16-13/h2,4,6,9,14H,3,5,7-8,10-11H2,1H3/t14-/m0/s1. The largest absolute Gasteiger partial charge is 0.338 e. The van der Waals surface area contributed by atoms with E-state index >= 15 is 0 Å². The highest BCUT2D eigenvalue weighted by molar-refractivity contribution is 5.04. The zero-order valence-corrected chi connectivity index (χ0v) is 11.8. The fourth-order valence-corrected chi connectivity index (χ4v) is 2.79. The Balaban J connectivity index is 1.66. The van der Waals surface area contributed by atoms with E-state index in [1.807, 2.05) is 25.3 Å². The van der Waals surface area contributed by atoms with Crippen LogP contribution in [-0.2, 0) is 6.42 Å². The summed E-state index contributed by atoms with van der Waals surface area (Å²) >= 11 is 0. The van der Waals surface area contributed by atoms with E-state index < -0.39 is 0 Å². The predicted molar refractivity (Wildman–Crippen MR) is 75.1 cm³/mol. The zero-order valence-electron chi connectivity index (χ0n) is 11.8. The Labute approximate surface area is 119 Å². The van der Waals surface area contributed by atoms with Gasteiger partial charge in [0.05, 0.1) is 6.04 Å². The maximum Gasteiger partial charge on any atom is 0.243 e. The molecule has 1 saturated heterocycles. The topological polar surface area (TPSA) is 55.1 Å². The van der Waals surface area contributed by atoms with Crippen molar-refractivity contribution in [2.24, 2.45) is 0 Å². The molecule has 0 aliphatic carbocycles. The maximum absolute atomic E-state index is 5.37. The molecule has 2 aromatic heterocycles. The van der Waals surface area contributed by atoms with Crippen LogP contribution in [0.3, 0.4) is 0 Å². The van der Waals surface area contributed by atoms with E-state index in [1.54, 1.807) is 0 Å². The van der Waals surface area contributed by atoms with Crippen LogP contribution in [-0.4, -0.2) is 33.1 Å². The molecular weight excluding hydrogens is 252 g/mol. The molecule has 5 heteroatoms. The van der Waals surface area contributed by atoms with E-state index in [0.29, 0.717) is 0 Å². The van der Waals surface area contributed by atoms with Crippen molar-refractivity contribution in [3.05, 3.63) is 41.8 Å². The zero-order chi connectivity index (χ0) is 13.8. The monoisotopic (exact) mass is 272 g/mol. The molecule has 20 heavy (non-hydrogen) atoms. The van der Waals surface area contributed by atoms with Gasteiger partial charge in [0, 0.05) is 24.9 Å². The number of rotatable bonds is 4. The minimum atomic E-state index is 0.272. The molecule has 0 radical (unpaired) electrons. The van der Waals surface area contributed by atoms with Gasteiger partial charge in [-0.15, -0.1) is 0 Å². The average molecular weight is 272 g/mol. The number of hydrogen-bond donors (Lipinski definition) is 0. The first-order valence-corrected chi connectivity index (χ1v) is 7.27. The van der Waals surface area contributed by atoms with Gasteiger partial charge in [-0.3, -0.25) is 9.88 Å². The summed E-state index contributed by atoms with van der Waals surface area (Å²) < 4.78 is 5.37. The van der Waals surface area contributed by atoms with Crippen molar-refractivity contribution in [1.29, 1.82) is 0 Å². The van der Waals surface area contributed by atoms with Crippen molar-refractivity contribution >= 4 is 0 Å². The van der Waals surface area contributed by atoms with Crippen LogP contribution in [0.4, 0.5) is 0 Å². The lowest BCUT2D eigenvalue weighted by molar-refractivity contribution is 0.120. The number of aryl methyl sites for hydroxylation is 1. The van der Waals surface area contributed by atoms with Gasteiger partial charge in [0.2, 0.25) is 5.89 Å². The summed E-state index contributed by atoms with van der Waals surface area (Å²) in [4.78, 5) is 11.2. The highest BCUT2D eigenvalue weighted by atomic mass is 16.5. The Morgan fingerprint density at radius 2 is 2.30 bits per heavy atom. The molecule has 1 aliphatic heterocycles. The Morgan fingerprint density at radius 3 is 3.05 bits per heavy atom. The van der Waals surface area contributed by atoms with Crippen LogP contribution in [0.1, 0.15) is 42.7 Å². The van der Waals surface area contributed by atoms with E-state index in [0.717, 1.165) is 43.3 Å². The molecule has 1 aliphatic rings. The molecule has 0 aromatic carbocycles. The van der Waals surface area contributed by atoms with Gasteiger partial charge in [-0.05, 0) is 38.4 Å². The Morgan fingerprint density at radius 1 is 1.35 bits per heavy atom. The maximum atomic E-state index is 5.37. The third-order valence-corrected chi connectivity index (χ3v) is 3.82. The molecule has 1 fully saturated rings. The summed E-state index contributed by atoms with van der Waals surface area (Å²) in [5.41, 5.74) is 1.14. The van der Waals surface area contributed by atoms with Crippen LogP contribution < -0.4 is 0 Å². The van der Waals surface area contributed by atoms with Gasteiger partial charge < -0.3 is 4.52 Å². The highest BCUT2D eigenvalue weighted by Crippen LogP contribution is 2.29. The van der Waals surface area contributed by atoms with Crippen LogP contribution in [0.5, 0.6) is 0 Å². The molecule has 5 nitrogen and oxygen atoms in total. The average Bonchev–Trinajstić information content (AvgIpc) is 2.93. The Kier molecular flexibility index (Phi) is 4.06.